The molecule has 1 saturated carbocycles. The van der Waals surface area contributed by atoms with Crippen LogP contribution in [0, 0.1) is 0 Å². The van der Waals surface area contributed by atoms with Gasteiger partial charge in [0.1, 0.15) is 0 Å². The summed E-state index contributed by atoms with van der Waals surface area (Å²) in [6.07, 6.45) is 8.02. The van der Waals surface area contributed by atoms with Crippen molar-refractivity contribution >= 4 is 27.5 Å². The Labute approximate surface area is 123 Å². The minimum atomic E-state index is 0.337. The smallest absolute Gasteiger partial charge is 0.0721 e. The molecule has 1 aliphatic rings. The molecule has 18 heavy (non-hydrogen) atoms. The standard InChI is InChI=1S/C15H20BrClO/c16-14-8-3-1-2-4-9-15(14)18-11-12-6-5-7-13(17)10-12/h5-7,10,14-15H,1-4,8-9,11H2. The fourth-order valence-corrected chi connectivity index (χ4v) is 3.38. The van der Waals surface area contributed by atoms with Crippen LogP contribution in [0.2, 0.25) is 5.02 Å². The van der Waals surface area contributed by atoms with Crippen LogP contribution < -0.4 is 0 Å². The number of hydrogen-bond donors (Lipinski definition) is 0. The first kappa shape index (κ1) is 14.4. The third kappa shape index (κ3) is 4.56. The maximum absolute atomic E-state index is 6.07. The molecule has 2 rings (SSSR count). The lowest BCUT2D eigenvalue weighted by molar-refractivity contribution is 0.0291. The summed E-state index contributed by atoms with van der Waals surface area (Å²) >= 11 is 9.75. The maximum Gasteiger partial charge on any atom is 0.0721 e. The van der Waals surface area contributed by atoms with Crippen molar-refractivity contribution in [1.82, 2.24) is 0 Å². The van der Waals surface area contributed by atoms with E-state index < -0.39 is 0 Å². The minimum absolute atomic E-state index is 0.337. The van der Waals surface area contributed by atoms with E-state index in [4.69, 9.17) is 16.3 Å². The van der Waals surface area contributed by atoms with Crippen LogP contribution in [0.3, 0.4) is 0 Å². The zero-order chi connectivity index (χ0) is 12.8. The van der Waals surface area contributed by atoms with Crippen molar-refractivity contribution in [2.24, 2.45) is 0 Å². The molecule has 0 bridgehead atoms. The van der Waals surface area contributed by atoms with Crippen molar-refractivity contribution in [2.45, 2.75) is 56.1 Å². The molecule has 2 atom stereocenters. The van der Waals surface area contributed by atoms with E-state index in [-0.39, 0.29) is 0 Å². The maximum atomic E-state index is 6.07. The van der Waals surface area contributed by atoms with Crippen LogP contribution in [0.25, 0.3) is 0 Å². The summed E-state index contributed by atoms with van der Waals surface area (Å²) in [5.74, 6) is 0. The summed E-state index contributed by atoms with van der Waals surface area (Å²) in [7, 11) is 0. The lowest BCUT2D eigenvalue weighted by atomic mass is 9.98. The summed E-state index contributed by atoms with van der Waals surface area (Å²) in [5.41, 5.74) is 1.16. The third-order valence-corrected chi connectivity index (χ3v) is 4.76. The average Bonchev–Trinajstić information content (AvgIpc) is 2.34. The van der Waals surface area contributed by atoms with Crippen LogP contribution >= 0.6 is 27.5 Å². The number of hydrogen-bond acceptors (Lipinski definition) is 1. The van der Waals surface area contributed by atoms with Gasteiger partial charge in [0.2, 0.25) is 0 Å². The molecule has 0 amide bonds. The average molecular weight is 332 g/mol. The molecule has 0 saturated heterocycles. The van der Waals surface area contributed by atoms with Crippen molar-refractivity contribution in [2.75, 3.05) is 0 Å². The Hall–Kier alpha value is -0.0500. The van der Waals surface area contributed by atoms with Crippen molar-refractivity contribution in [3.8, 4) is 0 Å². The van der Waals surface area contributed by atoms with Crippen LogP contribution in [0.1, 0.15) is 44.1 Å². The molecule has 0 aromatic heterocycles. The Kier molecular flexibility index (Phi) is 6.00. The fourth-order valence-electron chi connectivity index (χ4n) is 2.42. The van der Waals surface area contributed by atoms with Crippen molar-refractivity contribution < 1.29 is 4.74 Å². The molecule has 0 N–H and O–H groups in total. The van der Waals surface area contributed by atoms with E-state index in [1.54, 1.807) is 0 Å². The van der Waals surface area contributed by atoms with Gasteiger partial charge in [-0.2, -0.15) is 0 Å². The van der Waals surface area contributed by atoms with Crippen LogP contribution in [-0.2, 0) is 11.3 Å². The van der Waals surface area contributed by atoms with Gasteiger partial charge in [0.05, 0.1) is 12.7 Å². The number of ether oxygens (including phenoxy) is 1. The fraction of sp³-hybridized carbons (Fsp3) is 0.600. The van der Waals surface area contributed by atoms with Crippen LogP contribution in [0.15, 0.2) is 24.3 Å². The molecular weight excluding hydrogens is 312 g/mol. The van der Waals surface area contributed by atoms with Gasteiger partial charge < -0.3 is 4.74 Å². The van der Waals surface area contributed by atoms with E-state index in [1.165, 1.54) is 32.1 Å². The van der Waals surface area contributed by atoms with Gasteiger partial charge in [0, 0.05) is 9.85 Å². The highest BCUT2D eigenvalue weighted by molar-refractivity contribution is 9.09. The minimum Gasteiger partial charge on any atom is -0.372 e. The summed E-state index contributed by atoms with van der Waals surface area (Å²) in [4.78, 5) is 0.497. The second kappa shape index (κ2) is 7.52. The van der Waals surface area contributed by atoms with Gasteiger partial charge in [-0.25, -0.2) is 0 Å². The van der Waals surface area contributed by atoms with Gasteiger partial charge in [-0.05, 0) is 30.5 Å². The second-order valence-electron chi connectivity index (χ2n) is 4.99. The topological polar surface area (TPSA) is 9.23 Å². The first-order valence-electron chi connectivity index (χ1n) is 6.76. The van der Waals surface area contributed by atoms with Gasteiger partial charge in [-0.1, -0.05) is 65.3 Å². The predicted molar refractivity (Wildman–Crippen MR) is 80.4 cm³/mol. The van der Waals surface area contributed by atoms with Crippen molar-refractivity contribution in [3.05, 3.63) is 34.9 Å². The largest absolute Gasteiger partial charge is 0.372 e. The molecule has 100 valence electrons. The van der Waals surface area contributed by atoms with Crippen LogP contribution in [-0.4, -0.2) is 10.9 Å². The zero-order valence-corrected chi connectivity index (χ0v) is 12.9. The Bertz CT molecular complexity index is 369. The quantitative estimate of drug-likeness (QED) is 0.679. The number of alkyl halides is 1. The van der Waals surface area contributed by atoms with Gasteiger partial charge in [0.15, 0.2) is 0 Å². The molecule has 1 aromatic carbocycles. The second-order valence-corrected chi connectivity index (χ2v) is 6.60. The number of benzene rings is 1. The lowest BCUT2D eigenvalue weighted by Crippen LogP contribution is -2.25. The molecule has 1 nitrogen and oxygen atoms in total. The van der Waals surface area contributed by atoms with Crippen molar-refractivity contribution in [3.63, 3.8) is 0 Å². The van der Waals surface area contributed by atoms with Gasteiger partial charge in [-0.3, -0.25) is 0 Å². The Morgan fingerprint density at radius 2 is 1.94 bits per heavy atom. The lowest BCUT2D eigenvalue weighted by Gasteiger charge is -2.25. The van der Waals surface area contributed by atoms with E-state index >= 15 is 0 Å². The monoisotopic (exact) mass is 330 g/mol. The Morgan fingerprint density at radius 3 is 2.72 bits per heavy atom. The highest BCUT2D eigenvalue weighted by atomic mass is 79.9. The highest BCUT2D eigenvalue weighted by Crippen LogP contribution is 2.26. The van der Waals surface area contributed by atoms with Gasteiger partial charge in [0.25, 0.3) is 0 Å². The van der Waals surface area contributed by atoms with E-state index in [1.807, 2.05) is 18.2 Å². The molecule has 1 aromatic rings. The number of rotatable bonds is 3. The highest BCUT2D eigenvalue weighted by Gasteiger charge is 2.20. The third-order valence-electron chi connectivity index (χ3n) is 3.48. The molecule has 0 heterocycles. The van der Waals surface area contributed by atoms with Crippen LogP contribution in [0.4, 0.5) is 0 Å². The summed E-state index contributed by atoms with van der Waals surface area (Å²) in [6, 6.07) is 7.92. The van der Waals surface area contributed by atoms with Gasteiger partial charge >= 0.3 is 0 Å². The van der Waals surface area contributed by atoms with E-state index in [2.05, 4.69) is 22.0 Å². The first-order valence-corrected chi connectivity index (χ1v) is 8.05. The first-order chi connectivity index (χ1) is 8.75. The van der Waals surface area contributed by atoms with Crippen molar-refractivity contribution in [1.29, 1.82) is 0 Å². The zero-order valence-electron chi connectivity index (χ0n) is 10.6. The molecule has 3 heteroatoms. The summed E-state index contributed by atoms with van der Waals surface area (Å²) in [5, 5.41) is 0.782. The van der Waals surface area contributed by atoms with E-state index in [0.717, 1.165) is 17.0 Å². The Balaban J connectivity index is 1.87. The Morgan fingerprint density at radius 1 is 1.17 bits per heavy atom. The van der Waals surface area contributed by atoms with E-state index in [9.17, 15) is 0 Å². The number of halogens is 2. The van der Waals surface area contributed by atoms with Gasteiger partial charge in [-0.15, -0.1) is 0 Å². The predicted octanol–water partition coefficient (Wildman–Crippen LogP) is 5.34. The molecule has 1 aliphatic carbocycles. The molecule has 0 spiro atoms. The summed E-state index contributed by atoms with van der Waals surface area (Å²) in [6.45, 7) is 0.660. The normalized spacial score (nSPS) is 25.4. The molecule has 1 fully saturated rings. The molecule has 0 radical (unpaired) electrons. The molecule has 2 unspecified atom stereocenters. The SMILES string of the molecule is Clc1cccc(COC2CCCCCCC2Br)c1. The van der Waals surface area contributed by atoms with Crippen LogP contribution in [0.5, 0.6) is 0 Å². The molecular formula is C15H20BrClO. The van der Waals surface area contributed by atoms with E-state index in [0.29, 0.717) is 17.5 Å². The molecule has 0 aliphatic heterocycles. The summed E-state index contributed by atoms with van der Waals surface area (Å²) < 4.78 is 6.07.